The van der Waals surface area contributed by atoms with Crippen LogP contribution in [0.3, 0.4) is 0 Å². The van der Waals surface area contributed by atoms with Crippen LogP contribution in [0.5, 0.6) is 0 Å². The number of para-hydroxylation sites is 1. The maximum Gasteiger partial charge on any atom is 0.316 e. The summed E-state index contributed by atoms with van der Waals surface area (Å²) in [6, 6.07) is 16.5. The SMILES string of the molecule is OC1(c2ccccc2F)CN(c2ccccc2)C2=[N+]1CCCS2.[Br-]. The number of β-amino-alcohol motifs (C(OH)–C–C–N with tert-alkyl or cyclic N) is 1. The molecule has 4 rings (SSSR count). The number of aliphatic hydroxyl groups is 1. The van der Waals surface area contributed by atoms with E-state index in [1.54, 1.807) is 30.0 Å². The van der Waals surface area contributed by atoms with Gasteiger partial charge in [0.2, 0.25) is 0 Å². The van der Waals surface area contributed by atoms with E-state index in [1.165, 1.54) is 6.07 Å². The molecular formula is C18H18BrFN2OS. The first-order chi connectivity index (χ1) is 11.2. The monoisotopic (exact) mass is 408 g/mol. The van der Waals surface area contributed by atoms with Gasteiger partial charge in [-0.1, -0.05) is 30.3 Å². The number of thioether (sulfide) groups is 1. The van der Waals surface area contributed by atoms with Crippen molar-refractivity contribution in [3.8, 4) is 0 Å². The normalized spacial score (nSPS) is 23.0. The summed E-state index contributed by atoms with van der Waals surface area (Å²) < 4.78 is 16.3. The molecule has 0 spiro atoms. The molecule has 2 aromatic rings. The average molecular weight is 409 g/mol. The van der Waals surface area contributed by atoms with Gasteiger partial charge in [0.1, 0.15) is 11.5 Å². The second-order valence-corrected chi connectivity index (χ2v) is 6.92. The lowest BCUT2D eigenvalue weighted by molar-refractivity contribution is -0.657. The molecule has 2 aromatic carbocycles. The second-order valence-electron chi connectivity index (χ2n) is 5.85. The number of halogens is 2. The van der Waals surface area contributed by atoms with Crippen LogP contribution in [0.25, 0.3) is 0 Å². The van der Waals surface area contributed by atoms with E-state index in [2.05, 4.69) is 4.90 Å². The molecule has 0 bridgehead atoms. The maximum atomic E-state index is 14.4. The van der Waals surface area contributed by atoms with Crippen molar-refractivity contribution >= 4 is 22.6 Å². The Balaban J connectivity index is 0.00000169. The topological polar surface area (TPSA) is 26.5 Å². The molecule has 0 radical (unpaired) electrons. The number of nitrogens with zero attached hydrogens (tertiary/aromatic N) is 2. The molecule has 2 aliphatic rings. The Morgan fingerprint density at radius 2 is 1.79 bits per heavy atom. The predicted octanol–water partition coefficient (Wildman–Crippen LogP) is 0.000400. The summed E-state index contributed by atoms with van der Waals surface area (Å²) in [6.07, 6.45) is 0.980. The molecule has 2 aliphatic heterocycles. The van der Waals surface area contributed by atoms with Crippen molar-refractivity contribution in [3.05, 3.63) is 66.0 Å². The van der Waals surface area contributed by atoms with Gasteiger partial charge in [-0.25, -0.2) is 13.9 Å². The lowest BCUT2D eigenvalue weighted by Crippen LogP contribution is -3.00. The molecule has 0 amide bonds. The van der Waals surface area contributed by atoms with E-state index in [-0.39, 0.29) is 22.8 Å². The summed E-state index contributed by atoms with van der Waals surface area (Å²) in [6.45, 7) is 1.07. The molecular weight excluding hydrogens is 391 g/mol. The first-order valence-electron chi connectivity index (χ1n) is 7.77. The molecule has 0 saturated heterocycles. The standard InChI is InChI=1S/C18H18FN2OS.BrH/c19-16-10-5-4-9-15(16)18(22)13-20(14-7-2-1-3-8-14)17-21(18)11-6-12-23-17;/h1-5,7-10,22H,6,11-13H2;1H/q+1;/p-1. The first kappa shape index (κ1) is 17.5. The zero-order valence-corrected chi connectivity index (χ0v) is 15.4. The Morgan fingerprint density at radius 1 is 1.08 bits per heavy atom. The molecule has 1 unspecified atom stereocenters. The third-order valence-electron chi connectivity index (χ3n) is 4.42. The highest BCUT2D eigenvalue weighted by atomic mass is 79.9. The zero-order chi connectivity index (χ0) is 15.9. The summed E-state index contributed by atoms with van der Waals surface area (Å²) in [5.41, 5.74) is 0.0387. The summed E-state index contributed by atoms with van der Waals surface area (Å²) in [7, 11) is 0. The molecule has 126 valence electrons. The van der Waals surface area contributed by atoms with Gasteiger partial charge < -0.3 is 22.1 Å². The molecule has 1 N–H and O–H groups in total. The van der Waals surface area contributed by atoms with Gasteiger partial charge in [0.05, 0.1) is 12.1 Å². The first-order valence-corrected chi connectivity index (χ1v) is 8.76. The smallest absolute Gasteiger partial charge is 0.316 e. The molecule has 24 heavy (non-hydrogen) atoms. The van der Waals surface area contributed by atoms with E-state index in [0.29, 0.717) is 12.1 Å². The second kappa shape index (κ2) is 6.86. The summed E-state index contributed by atoms with van der Waals surface area (Å²) >= 11 is 1.73. The van der Waals surface area contributed by atoms with Gasteiger partial charge in [0.15, 0.2) is 6.54 Å². The van der Waals surface area contributed by atoms with Crippen LogP contribution in [0.1, 0.15) is 12.0 Å². The summed E-state index contributed by atoms with van der Waals surface area (Å²) in [5, 5.41) is 12.4. The minimum atomic E-state index is -1.33. The number of benzene rings is 2. The van der Waals surface area contributed by atoms with E-state index in [1.807, 2.05) is 34.9 Å². The van der Waals surface area contributed by atoms with Gasteiger partial charge in [-0.05, 0) is 42.4 Å². The van der Waals surface area contributed by atoms with Crippen molar-refractivity contribution in [2.75, 3.05) is 23.7 Å². The van der Waals surface area contributed by atoms with Gasteiger partial charge in [-0.15, -0.1) is 0 Å². The van der Waals surface area contributed by atoms with Gasteiger partial charge in [0, 0.05) is 5.75 Å². The summed E-state index contributed by atoms with van der Waals surface area (Å²) in [4.78, 5) is 2.09. The summed E-state index contributed by atoms with van der Waals surface area (Å²) in [5.74, 6) is 0.655. The van der Waals surface area contributed by atoms with Crippen molar-refractivity contribution in [3.63, 3.8) is 0 Å². The van der Waals surface area contributed by atoms with Gasteiger partial charge >= 0.3 is 5.17 Å². The third-order valence-corrected chi connectivity index (χ3v) is 5.61. The molecule has 0 saturated carbocycles. The highest BCUT2D eigenvalue weighted by Gasteiger charge is 2.54. The molecule has 3 nitrogen and oxygen atoms in total. The lowest BCUT2D eigenvalue weighted by Gasteiger charge is -2.24. The maximum absolute atomic E-state index is 14.4. The molecule has 0 fully saturated rings. The lowest BCUT2D eigenvalue weighted by atomic mass is 10.0. The Morgan fingerprint density at radius 3 is 2.54 bits per heavy atom. The van der Waals surface area contributed by atoms with Crippen molar-refractivity contribution < 1.29 is 31.1 Å². The van der Waals surface area contributed by atoms with E-state index in [4.69, 9.17) is 0 Å². The van der Waals surface area contributed by atoms with Crippen LogP contribution in [0.4, 0.5) is 10.1 Å². The van der Waals surface area contributed by atoms with Crippen LogP contribution in [-0.2, 0) is 5.72 Å². The Kier molecular flexibility index (Phi) is 4.99. The molecule has 1 atom stereocenters. The molecule has 6 heteroatoms. The number of hydrogen-bond donors (Lipinski definition) is 1. The fraction of sp³-hybridized carbons (Fsp3) is 0.278. The Hall–Kier alpha value is -1.37. The third kappa shape index (κ3) is 2.76. The van der Waals surface area contributed by atoms with Crippen LogP contribution in [0.15, 0.2) is 54.6 Å². The molecule has 2 heterocycles. The van der Waals surface area contributed by atoms with Crippen molar-refractivity contribution in [1.82, 2.24) is 0 Å². The minimum Gasteiger partial charge on any atom is -1.00 e. The fourth-order valence-electron chi connectivity index (χ4n) is 3.33. The Labute approximate surface area is 155 Å². The van der Waals surface area contributed by atoms with Crippen LogP contribution in [-0.4, -0.2) is 33.7 Å². The number of hydrogen-bond acceptors (Lipinski definition) is 3. The fourth-order valence-corrected chi connectivity index (χ4v) is 4.51. The van der Waals surface area contributed by atoms with E-state index >= 15 is 0 Å². The highest BCUT2D eigenvalue weighted by molar-refractivity contribution is 8.13. The highest BCUT2D eigenvalue weighted by Crippen LogP contribution is 2.38. The van der Waals surface area contributed by atoms with Crippen molar-refractivity contribution in [2.45, 2.75) is 12.1 Å². The van der Waals surface area contributed by atoms with Crippen LogP contribution < -0.4 is 21.9 Å². The quantitative estimate of drug-likeness (QED) is 0.708. The van der Waals surface area contributed by atoms with Gasteiger partial charge in [-0.3, -0.25) is 0 Å². The van der Waals surface area contributed by atoms with E-state index in [9.17, 15) is 9.50 Å². The number of rotatable bonds is 2. The van der Waals surface area contributed by atoms with Crippen molar-refractivity contribution in [1.29, 1.82) is 0 Å². The van der Waals surface area contributed by atoms with E-state index in [0.717, 1.165) is 29.6 Å². The van der Waals surface area contributed by atoms with Gasteiger partial charge in [-0.2, -0.15) is 0 Å². The average Bonchev–Trinajstić information content (AvgIpc) is 2.91. The molecule has 0 aromatic heterocycles. The predicted molar refractivity (Wildman–Crippen MR) is 91.3 cm³/mol. The number of amidine groups is 1. The minimum absolute atomic E-state index is 0. The molecule has 0 aliphatic carbocycles. The van der Waals surface area contributed by atoms with Crippen LogP contribution >= 0.6 is 11.8 Å². The zero-order valence-electron chi connectivity index (χ0n) is 13.0. The van der Waals surface area contributed by atoms with Crippen LogP contribution in [0.2, 0.25) is 0 Å². The Bertz CT molecular complexity index is 771. The van der Waals surface area contributed by atoms with Crippen LogP contribution in [0, 0.1) is 5.82 Å². The largest absolute Gasteiger partial charge is 1.00 e. The van der Waals surface area contributed by atoms with Gasteiger partial charge in [0.25, 0.3) is 5.72 Å². The number of anilines is 1. The van der Waals surface area contributed by atoms with E-state index < -0.39 is 5.72 Å². The van der Waals surface area contributed by atoms with Crippen molar-refractivity contribution in [2.24, 2.45) is 0 Å².